The summed E-state index contributed by atoms with van der Waals surface area (Å²) < 4.78 is 10.0. The molecule has 0 aromatic carbocycles. The molecule has 0 radical (unpaired) electrons. The zero-order valence-corrected chi connectivity index (χ0v) is 9.53. The average molecular weight is 224 g/mol. The largest absolute Gasteiger partial charge is 0.478 e. The van der Waals surface area contributed by atoms with Crippen LogP contribution in [0, 0.1) is 0 Å². The van der Waals surface area contributed by atoms with Gasteiger partial charge in [-0.15, -0.1) is 0 Å². The summed E-state index contributed by atoms with van der Waals surface area (Å²) in [5.74, 6) is 0.877. The van der Waals surface area contributed by atoms with E-state index < -0.39 is 0 Å². The van der Waals surface area contributed by atoms with Crippen LogP contribution in [0.5, 0.6) is 5.88 Å². The van der Waals surface area contributed by atoms with Crippen LogP contribution in [0.3, 0.4) is 0 Å². The zero-order chi connectivity index (χ0) is 11.8. The maximum absolute atomic E-state index is 11.4. The minimum absolute atomic E-state index is 0.122. The highest BCUT2D eigenvalue weighted by Crippen LogP contribution is 2.11. The molecule has 0 aliphatic carbocycles. The van der Waals surface area contributed by atoms with Crippen LogP contribution in [0.1, 0.15) is 13.3 Å². The number of ether oxygens (including phenoxy) is 2. The van der Waals surface area contributed by atoms with Crippen molar-refractivity contribution >= 4 is 11.7 Å². The highest BCUT2D eigenvalue weighted by atomic mass is 16.5. The summed E-state index contributed by atoms with van der Waals surface area (Å²) in [6.45, 7) is 2.83. The Morgan fingerprint density at radius 1 is 1.50 bits per heavy atom. The molecule has 0 saturated heterocycles. The molecular weight excluding hydrogens is 208 g/mol. The van der Waals surface area contributed by atoms with E-state index in [2.05, 4.69) is 10.3 Å². The third-order valence-corrected chi connectivity index (χ3v) is 1.82. The Hall–Kier alpha value is -1.62. The first-order valence-electron chi connectivity index (χ1n) is 5.15. The van der Waals surface area contributed by atoms with Crippen molar-refractivity contribution in [3.05, 3.63) is 18.2 Å². The molecule has 0 fully saturated rings. The number of aromatic nitrogens is 1. The first-order chi connectivity index (χ1) is 7.76. The molecule has 1 aromatic rings. The minimum atomic E-state index is -0.122. The van der Waals surface area contributed by atoms with Crippen molar-refractivity contribution in [1.82, 2.24) is 4.98 Å². The number of anilines is 1. The lowest BCUT2D eigenvalue weighted by Crippen LogP contribution is -2.14. The van der Waals surface area contributed by atoms with Crippen LogP contribution in [0.15, 0.2) is 18.2 Å². The van der Waals surface area contributed by atoms with Crippen LogP contribution in [-0.4, -0.2) is 31.2 Å². The fraction of sp³-hybridized carbons (Fsp3) is 0.455. The molecule has 1 amide bonds. The lowest BCUT2D eigenvalue weighted by molar-refractivity contribution is -0.117. The molecule has 0 spiro atoms. The number of nitrogens with zero attached hydrogens (tertiary/aromatic N) is 1. The van der Waals surface area contributed by atoms with E-state index in [9.17, 15) is 4.79 Å². The zero-order valence-electron chi connectivity index (χ0n) is 9.53. The van der Waals surface area contributed by atoms with E-state index >= 15 is 0 Å². The molecule has 0 saturated carbocycles. The van der Waals surface area contributed by atoms with Crippen molar-refractivity contribution in [2.75, 3.05) is 25.6 Å². The Balaban J connectivity index is 2.52. The molecule has 0 bridgehead atoms. The highest BCUT2D eigenvalue weighted by molar-refractivity contribution is 5.89. The van der Waals surface area contributed by atoms with Crippen molar-refractivity contribution in [2.45, 2.75) is 13.3 Å². The smallest absolute Gasteiger partial charge is 0.227 e. The molecule has 1 rings (SSSR count). The summed E-state index contributed by atoms with van der Waals surface area (Å²) in [5.41, 5.74) is 0. The highest BCUT2D eigenvalue weighted by Gasteiger charge is 2.03. The van der Waals surface area contributed by atoms with Crippen LogP contribution in [0.2, 0.25) is 0 Å². The van der Waals surface area contributed by atoms with Gasteiger partial charge >= 0.3 is 0 Å². The van der Waals surface area contributed by atoms with Gasteiger partial charge in [0.2, 0.25) is 11.8 Å². The van der Waals surface area contributed by atoms with E-state index in [1.165, 1.54) is 0 Å². The molecule has 5 nitrogen and oxygen atoms in total. The second kappa shape index (κ2) is 6.79. The molecule has 0 atom stereocenters. The lowest BCUT2D eigenvalue weighted by Gasteiger charge is -2.06. The lowest BCUT2D eigenvalue weighted by atomic mass is 10.4. The van der Waals surface area contributed by atoms with E-state index in [1.807, 2.05) is 6.92 Å². The first kappa shape index (κ1) is 12.4. The third-order valence-electron chi connectivity index (χ3n) is 1.82. The van der Waals surface area contributed by atoms with Crippen molar-refractivity contribution in [3.63, 3.8) is 0 Å². The van der Waals surface area contributed by atoms with Gasteiger partial charge in [-0.05, 0) is 13.0 Å². The molecule has 1 aromatic heterocycles. The quantitative estimate of drug-likeness (QED) is 0.794. The fourth-order valence-corrected chi connectivity index (χ4v) is 1.11. The maximum atomic E-state index is 11.4. The van der Waals surface area contributed by atoms with Crippen LogP contribution >= 0.6 is 0 Å². The van der Waals surface area contributed by atoms with Crippen LogP contribution in [0.4, 0.5) is 5.82 Å². The monoisotopic (exact) mass is 224 g/mol. The van der Waals surface area contributed by atoms with Crippen molar-refractivity contribution in [2.24, 2.45) is 0 Å². The average Bonchev–Trinajstić information content (AvgIpc) is 2.27. The maximum Gasteiger partial charge on any atom is 0.227 e. The van der Waals surface area contributed by atoms with E-state index in [0.717, 1.165) is 0 Å². The summed E-state index contributed by atoms with van der Waals surface area (Å²) in [6, 6.07) is 5.24. The second-order valence-corrected chi connectivity index (χ2v) is 3.09. The SMILES string of the molecule is CCOc1cccc(NC(=O)CCOC)n1. The van der Waals surface area contributed by atoms with Crippen molar-refractivity contribution in [1.29, 1.82) is 0 Å². The molecule has 0 aliphatic rings. The molecule has 0 unspecified atom stereocenters. The summed E-state index contributed by atoms with van der Waals surface area (Å²) in [7, 11) is 1.56. The van der Waals surface area contributed by atoms with Gasteiger partial charge in [-0.3, -0.25) is 4.79 Å². The number of hydrogen-bond donors (Lipinski definition) is 1. The van der Waals surface area contributed by atoms with Gasteiger partial charge in [0.15, 0.2) is 0 Å². The number of nitrogens with one attached hydrogen (secondary N) is 1. The topological polar surface area (TPSA) is 60.5 Å². The number of pyridine rings is 1. The molecule has 5 heteroatoms. The minimum Gasteiger partial charge on any atom is -0.478 e. The summed E-state index contributed by atoms with van der Waals surface area (Å²) in [6.07, 6.45) is 0.317. The van der Waals surface area contributed by atoms with Gasteiger partial charge in [0.1, 0.15) is 5.82 Å². The predicted octanol–water partition coefficient (Wildman–Crippen LogP) is 1.46. The molecule has 0 aliphatic heterocycles. The third kappa shape index (κ3) is 4.27. The van der Waals surface area contributed by atoms with Crippen molar-refractivity contribution < 1.29 is 14.3 Å². The molecule has 88 valence electrons. The van der Waals surface area contributed by atoms with Crippen LogP contribution < -0.4 is 10.1 Å². The fourth-order valence-electron chi connectivity index (χ4n) is 1.11. The normalized spacial score (nSPS) is 9.88. The standard InChI is InChI=1S/C11H16N2O3/c1-3-16-11-6-4-5-9(13-11)12-10(14)7-8-15-2/h4-6H,3,7-8H2,1-2H3,(H,12,13,14). The number of carbonyl (C=O) groups excluding carboxylic acids is 1. The van der Waals surface area contributed by atoms with E-state index in [0.29, 0.717) is 31.3 Å². The van der Waals surface area contributed by atoms with Gasteiger partial charge in [-0.25, -0.2) is 0 Å². The van der Waals surface area contributed by atoms with Gasteiger partial charge < -0.3 is 14.8 Å². The van der Waals surface area contributed by atoms with Gasteiger partial charge in [-0.1, -0.05) is 6.07 Å². The Morgan fingerprint density at radius 3 is 3.00 bits per heavy atom. The molecule has 1 N–H and O–H groups in total. The number of amides is 1. The number of hydrogen-bond acceptors (Lipinski definition) is 4. The Bertz CT molecular complexity index is 342. The van der Waals surface area contributed by atoms with Gasteiger partial charge in [0.05, 0.1) is 19.6 Å². The van der Waals surface area contributed by atoms with Gasteiger partial charge in [-0.2, -0.15) is 4.98 Å². The number of rotatable bonds is 6. The second-order valence-electron chi connectivity index (χ2n) is 3.09. The van der Waals surface area contributed by atoms with E-state index in [1.54, 1.807) is 25.3 Å². The van der Waals surface area contributed by atoms with Gasteiger partial charge in [0.25, 0.3) is 0 Å². The Morgan fingerprint density at radius 2 is 2.31 bits per heavy atom. The number of methoxy groups -OCH3 is 1. The Kier molecular flexibility index (Phi) is 5.28. The van der Waals surface area contributed by atoms with Crippen molar-refractivity contribution in [3.8, 4) is 5.88 Å². The predicted molar refractivity (Wildman–Crippen MR) is 60.5 cm³/mol. The summed E-state index contributed by atoms with van der Waals surface area (Å²) in [4.78, 5) is 15.5. The summed E-state index contributed by atoms with van der Waals surface area (Å²) >= 11 is 0. The molecule has 1 heterocycles. The first-order valence-corrected chi connectivity index (χ1v) is 5.15. The van der Waals surface area contributed by atoms with E-state index in [4.69, 9.17) is 9.47 Å². The van der Waals surface area contributed by atoms with Crippen LogP contribution in [0.25, 0.3) is 0 Å². The van der Waals surface area contributed by atoms with E-state index in [-0.39, 0.29) is 5.91 Å². The molecule has 16 heavy (non-hydrogen) atoms. The Labute approximate surface area is 94.8 Å². The molecular formula is C11H16N2O3. The van der Waals surface area contributed by atoms with Crippen LogP contribution in [-0.2, 0) is 9.53 Å². The van der Waals surface area contributed by atoms with Gasteiger partial charge in [0, 0.05) is 13.2 Å². The summed E-state index contributed by atoms with van der Waals surface area (Å²) in [5, 5.41) is 2.67. The number of carbonyl (C=O) groups is 1.